The third-order valence-electron chi connectivity index (χ3n) is 3.95. The number of hydrogen-bond acceptors (Lipinski definition) is 6. The molecule has 1 fully saturated rings. The predicted octanol–water partition coefficient (Wildman–Crippen LogP) is -0.360. The summed E-state index contributed by atoms with van der Waals surface area (Å²) >= 11 is 0. The number of carbonyl (C=O) groups excluding carboxylic acids is 1. The van der Waals surface area contributed by atoms with E-state index in [1.54, 1.807) is 0 Å². The van der Waals surface area contributed by atoms with Gasteiger partial charge in [-0.2, -0.15) is 0 Å². The Balaban J connectivity index is 2.33. The van der Waals surface area contributed by atoms with Crippen LogP contribution in [0.5, 0.6) is 0 Å². The maximum absolute atomic E-state index is 12.0. The van der Waals surface area contributed by atoms with Gasteiger partial charge in [-0.05, 0) is 33.8 Å². The molecule has 0 aliphatic carbocycles. The van der Waals surface area contributed by atoms with E-state index in [2.05, 4.69) is 4.98 Å². The van der Waals surface area contributed by atoms with Crippen LogP contribution in [0.3, 0.4) is 0 Å². The fraction of sp³-hybridized carbons (Fsp3) is 0.538. The summed E-state index contributed by atoms with van der Waals surface area (Å²) < 4.78 is 35.8. The Morgan fingerprint density at radius 2 is 1.77 bits per heavy atom. The molecule has 0 atom stereocenters. The highest BCUT2D eigenvalue weighted by Gasteiger charge is 2.51. The van der Waals surface area contributed by atoms with Crippen LogP contribution in [0.1, 0.15) is 27.7 Å². The molecule has 9 heteroatoms. The Morgan fingerprint density at radius 3 is 2.27 bits per heavy atom. The van der Waals surface area contributed by atoms with Gasteiger partial charge in [-0.3, -0.25) is 9.78 Å². The summed E-state index contributed by atoms with van der Waals surface area (Å²) in [5.74, 6) is -1.68. The zero-order chi connectivity index (χ0) is 16.8. The summed E-state index contributed by atoms with van der Waals surface area (Å²) in [6.45, 7) is 7.59. The summed E-state index contributed by atoms with van der Waals surface area (Å²) in [4.78, 5) is 14.7. The number of nitrogens with two attached hydrogens (primary N) is 1. The van der Waals surface area contributed by atoms with Crippen molar-refractivity contribution >= 4 is 28.3 Å². The first kappa shape index (κ1) is 16.9. The van der Waals surface area contributed by atoms with E-state index in [-0.39, 0.29) is 4.90 Å². The average molecular weight is 326 g/mol. The van der Waals surface area contributed by atoms with Crippen LogP contribution in [0.25, 0.3) is 0 Å². The van der Waals surface area contributed by atoms with Crippen molar-refractivity contribution in [3.63, 3.8) is 0 Å². The van der Waals surface area contributed by atoms with Crippen LogP contribution in [-0.2, 0) is 23.9 Å². The molecule has 0 radical (unpaired) electrons. The molecule has 120 valence electrons. The van der Waals surface area contributed by atoms with Crippen molar-refractivity contribution in [2.75, 3.05) is 5.75 Å². The monoisotopic (exact) mass is 326 g/mol. The van der Waals surface area contributed by atoms with Crippen molar-refractivity contribution in [1.29, 1.82) is 0 Å². The zero-order valence-electron chi connectivity index (χ0n) is 13.0. The quantitative estimate of drug-likeness (QED) is 0.757. The fourth-order valence-corrected chi connectivity index (χ4v) is 3.06. The molecule has 1 aliphatic heterocycles. The van der Waals surface area contributed by atoms with Crippen molar-refractivity contribution < 1.29 is 22.5 Å². The van der Waals surface area contributed by atoms with E-state index >= 15 is 0 Å². The van der Waals surface area contributed by atoms with Gasteiger partial charge < -0.3 is 15.0 Å². The maximum Gasteiger partial charge on any atom is 0.496 e. The lowest BCUT2D eigenvalue weighted by molar-refractivity contribution is -0.115. The Kier molecular flexibility index (Phi) is 4.10. The molecule has 1 amide bonds. The van der Waals surface area contributed by atoms with Crippen molar-refractivity contribution in [3.05, 3.63) is 18.5 Å². The second kappa shape index (κ2) is 5.33. The van der Waals surface area contributed by atoms with E-state index in [1.807, 2.05) is 27.7 Å². The van der Waals surface area contributed by atoms with Crippen molar-refractivity contribution in [1.82, 2.24) is 4.98 Å². The van der Waals surface area contributed by atoms with Crippen LogP contribution in [0.2, 0.25) is 0 Å². The van der Waals surface area contributed by atoms with Gasteiger partial charge in [0.25, 0.3) is 0 Å². The van der Waals surface area contributed by atoms with E-state index in [0.717, 1.165) is 0 Å². The third kappa shape index (κ3) is 3.16. The molecule has 0 saturated carbocycles. The largest absolute Gasteiger partial charge is 0.496 e. The van der Waals surface area contributed by atoms with Gasteiger partial charge in [0.15, 0.2) is 9.84 Å². The molecule has 22 heavy (non-hydrogen) atoms. The molecule has 0 aromatic carbocycles. The summed E-state index contributed by atoms with van der Waals surface area (Å²) in [6, 6.07) is 1.40. The minimum atomic E-state index is -3.82. The standard InChI is InChI=1S/C13H19BN2O5S/c1-12(2)13(3,4)21-14(20-12)9-5-10(7-16-6-9)22(18,19)8-11(15)17/h5-7H,8H2,1-4H3,(H2,15,17). The van der Waals surface area contributed by atoms with Gasteiger partial charge >= 0.3 is 7.12 Å². The Labute approximate surface area is 130 Å². The first-order valence-corrected chi connectivity index (χ1v) is 8.41. The topological polar surface area (TPSA) is 109 Å². The van der Waals surface area contributed by atoms with Crippen molar-refractivity contribution in [2.45, 2.75) is 43.8 Å². The number of carbonyl (C=O) groups is 1. The number of hydrogen-bond donors (Lipinski definition) is 1. The van der Waals surface area contributed by atoms with Gasteiger partial charge in [-0.25, -0.2) is 8.42 Å². The van der Waals surface area contributed by atoms with Crippen LogP contribution >= 0.6 is 0 Å². The molecular weight excluding hydrogens is 307 g/mol. The third-order valence-corrected chi connectivity index (χ3v) is 5.56. The summed E-state index contributed by atoms with van der Waals surface area (Å²) in [7, 11) is -4.54. The number of primary amides is 1. The summed E-state index contributed by atoms with van der Waals surface area (Å²) in [5, 5.41) is 0. The molecule has 2 N–H and O–H groups in total. The van der Waals surface area contributed by atoms with E-state index in [4.69, 9.17) is 15.0 Å². The van der Waals surface area contributed by atoms with E-state index in [9.17, 15) is 13.2 Å². The number of sulfone groups is 1. The summed E-state index contributed by atoms with van der Waals surface area (Å²) in [5.41, 5.74) is 4.35. The van der Waals surface area contributed by atoms with Crippen LogP contribution in [0, 0.1) is 0 Å². The first-order valence-electron chi connectivity index (χ1n) is 6.76. The number of aromatic nitrogens is 1. The molecule has 0 spiro atoms. The smallest absolute Gasteiger partial charge is 0.399 e. The molecule has 1 aromatic rings. The summed E-state index contributed by atoms with van der Waals surface area (Å²) in [6.07, 6.45) is 2.65. The highest BCUT2D eigenvalue weighted by molar-refractivity contribution is 7.92. The average Bonchev–Trinajstić information content (AvgIpc) is 2.57. The molecule has 0 unspecified atom stereocenters. The van der Waals surface area contributed by atoms with Gasteiger partial charge in [0.05, 0.1) is 16.1 Å². The highest BCUT2D eigenvalue weighted by Crippen LogP contribution is 2.36. The van der Waals surface area contributed by atoms with Crippen LogP contribution < -0.4 is 11.2 Å². The minimum Gasteiger partial charge on any atom is -0.399 e. The zero-order valence-corrected chi connectivity index (χ0v) is 13.8. The van der Waals surface area contributed by atoms with E-state index < -0.39 is 39.8 Å². The Hall–Kier alpha value is -1.45. The molecule has 0 bridgehead atoms. The van der Waals surface area contributed by atoms with Gasteiger partial charge in [-0.1, -0.05) is 0 Å². The molecule has 2 rings (SSSR count). The molecule has 2 heterocycles. The molecule has 7 nitrogen and oxygen atoms in total. The lowest BCUT2D eigenvalue weighted by Gasteiger charge is -2.32. The van der Waals surface area contributed by atoms with Gasteiger partial charge in [0.1, 0.15) is 5.75 Å². The highest BCUT2D eigenvalue weighted by atomic mass is 32.2. The molecule has 1 saturated heterocycles. The van der Waals surface area contributed by atoms with E-state index in [1.165, 1.54) is 18.5 Å². The predicted molar refractivity (Wildman–Crippen MR) is 81.2 cm³/mol. The van der Waals surface area contributed by atoms with Crippen LogP contribution in [0.15, 0.2) is 23.4 Å². The SMILES string of the molecule is CC1(C)OB(c2cncc(S(=O)(=O)CC(N)=O)c2)OC1(C)C. The fourth-order valence-electron chi connectivity index (χ4n) is 1.98. The normalized spacial score (nSPS) is 20.1. The van der Waals surface area contributed by atoms with Gasteiger partial charge in [0, 0.05) is 17.9 Å². The Morgan fingerprint density at radius 1 is 1.23 bits per heavy atom. The second-order valence-electron chi connectivity index (χ2n) is 6.27. The number of amides is 1. The minimum absolute atomic E-state index is 0.0847. The second-order valence-corrected chi connectivity index (χ2v) is 8.26. The molecule has 1 aliphatic rings. The molecular formula is C13H19BN2O5S. The number of pyridine rings is 1. The lowest BCUT2D eigenvalue weighted by atomic mass is 9.80. The van der Waals surface area contributed by atoms with Gasteiger partial charge in [0.2, 0.25) is 5.91 Å². The molecule has 1 aromatic heterocycles. The lowest BCUT2D eigenvalue weighted by Crippen LogP contribution is -2.41. The van der Waals surface area contributed by atoms with E-state index in [0.29, 0.717) is 5.46 Å². The van der Waals surface area contributed by atoms with Crippen molar-refractivity contribution in [2.24, 2.45) is 5.73 Å². The van der Waals surface area contributed by atoms with Crippen LogP contribution in [-0.4, -0.2) is 43.4 Å². The van der Waals surface area contributed by atoms with Gasteiger partial charge in [-0.15, -0.1) is 0 Å². The van der Waals surface area contributed by atoms with Crippen molar-refractivity contribution in [3.8, 4) is 0 Å². The maximum atomic E-state index is 12.0. The number of nitrogens with zero attached hydrogens (tertiary/aromatic N) is 1. The number of rotatable bonds is 4. The first-order chi connectivity index (χ1) is 9.95. The van der Waals surface area contributed by atoms with Crippen LogP contribution in [0.4, 0.5) is 0 Å². The Bertz CT molecular complexity index is 686.